The zero-order chi connectivity index (χ0) is 18.2. The van der Waals surface area contributed by atoms with Crippen LogP contribution >= 0.6 is 11.3 Å². The molecule has 5 heteroatoms. The summed E-state index contributed by atoms with van der Waals surface area (Å²) in [5.41, 5.74) is 5.77. The summed E-state index contributed by atoms with van der Waals surface area (Å²) in [4.78, 5) is 17.5. The Morgan fingerprint density at radius 1 is 1.11 bits per heavy atom. The third-order valence-corrected chi connectivity index (χ3v) is 6.59. The van der Waals surface area contributed by atoms with E-state index in [0.29, 0.717) is 5.92 Å². The smallest absolute Gasteiger partial charge is 0.198 e. The van der Waals surface area contributed by atoms with Crippen molar-refractivity contribution in [3.8, 4) is 21.8 Å². The van der Waals surface area contributed by atoms with Crippen LogP contribution in [0.25, 0.3) is 21.8 Å². The summed E-state index contributed by atoms with van der Waals surface area (Å²) < 4.78 is 0. The van der Waals surface area contributed by atoms with Crippen molar-refractivity contribution in [3.63, 3.8) is 0 Å². The summed E-state index contributed by atoms with van der Waals surface area (Å²) in [5, 5.41) is 1.13. The van der Waals surface area contributed by atoms with Gasteiger partial charge in [0.15, 0.2) is 11.5 Å². The largest absolute Gasteiger partial charge is 0.348 e. The quantitative estimate of drug-likeness (QED) is 0.625. The highest BCUT2D eigenvalue weighted by Gasteiger charge is 2.30. The number of anilines is 1. The molecule has 0 atom stereocenters. The molecule has 2 aromatic heterocycles. The van der Waals surface area contributed by atoms with E-state index in [-0.39, 0.29) is 0 Å². The van der Waals surface area contributed by atoms with Gasteiger partial charge in [-0.2, -0.15) is 0 Å². The van der Waals surface area contributed by atoms with Gasteiger partial charge < -0.3 is 4.90 Å². The van der Waals surface area contributed by atoms with Crippen molar-refractivity contribution < 1.29 is 0 Å². The summed E-state index contributed by atoms with van der Waals surface area (Å²) in [6, 6.07) is 8.63. The molecule has 1 radical (unpaired) electrons. The molecule has 0 bridgehead atoms. The van der Waals surface area contributed by atoms with Crippen LogP contribution in [-0.2, 0) is 0 Å². The molecule has 1 aliphatic heterocycles. The van der Waals surface area contributed by atoms with Crippen LogP contribution in [0, 0.1) is 13.3 Å². The lowest BCUT2D eigenvalue weighted by molar-refractivity contribution is 0.577. The minimum absolute atomic E-state index is 0.598. The number of aryl methyl sites for hydroxylation is 1. The zero-order valence-corrected chi connectivity index (χ0v) is 16.4. The Kier molecular flexibility index (Phi) is 4.40. The number of hydrogen-bond acceptors (Lipinski definition) is 5. The normalized spacial score (nSPS) is 17.3. The first kappa shape index (κ1) is 16.9. The molecule has 5 rings (SSSR count). The van der Waals surface area contributed by atoms with Gasteiger partial charge in [-0.25, -0.2) is 15.0 Å². The van der Waals surface area contributed by atoms with Gasteiger partial charge in [0.05, 0.1) is 16.3 Å². The predicted molar refractivity (Wildman–Crippen MR) is 110 cm³/mol. The van der Waals surface area contributed by atoms with E-state index in [1.807, 2.05) is 6.20 Å². The molecular formula is C22H23N4S. The summed E-state index contributed by atoms with van der Waals surface area (Å²) in [5.74, 6) is 0.598. The zero-order valence-electron chi connectivity index (χ0n) is 15.6. The van der Waals surface area contributed by atoms with Crippen molar-refractivity contribution in [2.45, 2.75) is 44.9 Å². The Morgan fingerprint density at radius 3 is 2.74 bits per heavy atom. The Morgan fingerprint density at radius 2 is 1.96 bits per heavy atom. The van der Waals surface area contributed by atoms with Crippen LogP contribution in [0.5, 0.6) is 0 Å². The standard InChI is InChI=1S/C22H23N4S/c1-15-6-5-7-17(12-15)19-21(20-18(16-8-9-16)13-23-14-24-20)27-22(25-19)26-10-3-2-4-11-26/h5-7,12-13,16H,2-4,8-11H2,1H3. The highest BCUT2D eigenvalue weighted by atomic mass is 32.1. The lowest BCUT2D eigenvalue weighted by atomic mass is 10.0. The average Bonchev–Trinajstić information content (AvgIpc) is 3.47. The summed E-state index contributed by atoms with van der Waals surface area (Å²) in [6.07, 6.45) is 11.1. The van der Waals surface area contributed by atoms with Crippen LogP contribution in [0.2, 0.25) is 0 Å². The van der Waals surface area contributed by atoms with Gasteiger partial charge in [0.2, 0.25) is 0 Å². The van der Waals surface area contributed by atoms with Crippen LogP contribution in [0.15, 0.2) is 30.5 Å². The van der Waals surface area contributed by atoms with Crippen LogP contribution in [0.3, 0.4) is 0 Å². The van der Waals surface area contributed by atoms with Gasteiger partial charge >= 0.3 is 0 Å². The van der Waals surface area contributed by atoms with Crippen LogP contribution < -0.4 is 4.90 Å². The molecular weight excluding hydrogens is 352 g/mol. The lowest BCUT2D eigenvalue weighted by Crippen LogP contribution is -2.29. The maximum absolute atomic E-state index is 5.11. The van der Waals surface area contributed by atoms with E-state index in [2.05, 4.69) is 52.4 Å². The molecule has 3 aromatic rings. The summed E-state index contributed by atoms with van der Waals surface area (Å²) in [7, 11) is 0. The van der Waals surface area contributed by atoms with Gasteiger partial charge in [0.1, 0.15) is 0 Å². The maximum Gasteiger partial charge on any atom is 0.198 e. The first-order valence-corrected chi connectivity index (χ1v) is 10.7. The van der Waals surface area contributed by atoms with Gasteiger partial charge in [0.25, 0.3) is 0 Å². The number of nitrogens with zero attached hydrogens (tertiary/aromatic N) is 4. The second-order valence-corrected chi connectivity index (χ2v) is 8.62. The number of hydrogen-bond donors (Lipinski definition) is 0. The number of thiazole rings is 1. The fraction of sp³-hybridized carbons (Fsp3) is 0.409. The monoisotopic (exact) mass is 375 g/mol. The van der Waals surface area contributed by atoms with E-state index in [1.54, 1.807) is 11.3 Å². The van der Waals surface area contributed by atoms with Crippen molar-refractivity contribution in [1.82, 2.24) is 15.0 Å². The van der Waals surface area contributed by atoms with Gasteiger partial charge in [-0.1, -0.05) is 35.1 Å². The average molecular weight is 376 g/mol. The lowest BCUT2D eigenvalue weighted by Gasteiger charge is -2.25. The third-order valence-electron chi connectivity index (χ3n) is 5.46. The fourth-order valence-electron chi connectivity index (χ4n) is 3.86. The number of aromatic nitrogens is 3. The summed E-state index contributed by atoms with van der Waals surface area (Å²) >= 11 is 1.78. The van der Waals surface area contributed by atoms with Gasteiger partial charge in [-0.3, -0.25) is 0 Å². The topological polar surface area (TPSA) is 41.9 Å². The molecule has 1 saturated carbocycles. The molecule has 137 valence electrons. The first-order valence-electron chi connectivity index (χ1n) is 9.86. The Balaban J connectivity index is 1.65. The van der Waals surface area contributed by atoms with E-state index in [1.165, 1.54) is 53.7 Å². The highest BCUT2D eigenvalue weighted by molar-refractivity contribution is 7.19. The van der Waals surface area contributed by atoms with Crippen LogP contribution in [0.4, 0.5) is 5.13 Å². The Hall–Kier alpha value is -2.27. The van der Waals surface area contributed by atoms with Crippen molar-refractivity contribution in [3.05, 3.63) is 47.9 Å². The molecule has 0 unspecified atom stereocenters. The van der Waals surface area contributed by atoms with E-state index in [4.69, 9.17) is 4.98 Å². The number of rotatable bonds is 4. The van der Waals surface area contributed by atoms with Crippen molar-refractivity contribution >= 4 is 16.5 Å². The minimum atomic E-state index is 0.598. The molecule has 1 aromatic carbocycles. The molecule has 0 spiro atoms. The molecule has 27 heavy (non-hydrogen) atoms. The molecule has 3 heterocycles. The van der Waals surface area contributed by atoms with Gasteiger partial charge in [-0.05, 0) is 51.0 Å². The third kappa shape index (κ3) is 3.36. The van der Waals surface area contributed by atoms with E-state index in [9.17, 15) is 0 Å². The molecule has 0 N–H and O–H groups in total. The first-order chi connectivity index (χ1) is 13.3. The second kappa shape index (κ2) is 7.04. The second-order valence-electron chi connectivity index (χ2n) is 7.64. The molecule has 1 aliphatic carbocycles. The molecule has 2 aliphatic rings. The molecule has 1 saturated heterocycles. The van der Waals surface area contributed by atoms with Gasteiger partial charge in [0, 0.05) is 30.4 Å². The SMILES string of the molecule is Cc1cccc(-c2nc(N3CCCCC3)sc2-c2n[c]ncc2C2CC2)c1. The summed E-state index contributed by atoms with van der Waals surface area (Å²) in [6.45, 7) is 4.34. The molecule has 2 fully saturated rings. The van der Waals surface area contributed by atoms with Crippen molar-refractivity contribution in [2.24, 2.45) is 0 Å². The van der Waals surface area contributed by atoms with E-state index >= 15 is 0 Å². The minimum Gasteiger partial charge on any atom is -0.348 e. The number of piperidine rings is 1. The van der Waals surface area contributed by atoms with E-state index < -0.39 is 0 Å². The molecule has 4 nitrogen and oxygen atoms in total. The predicted octanol–water partition coefficient (Wildman–Crippen LogP) is 5.24. The van der Waals surface area contributed by atoms with Crippen LogP contribution in [0.1, 0.15) is 49.1 Å². The van der Waals surface area contributed by atoms with Crippen LogP contribution in [-0.4, -0.2) is 28.0 Å². The fourth-order valence-corrected chi connectivity index (χ4v) is 5.01. The van der Waals surface area contributed by atoms with Crippen molar-refractivity contribution in [2.75, 3.05) is 18.0 Å². The Bertz CT molecular complexity index is 954. The Labute approximate surface area is 164 Å². The molecule has 0 amide bonds. The van der Waals surface area contributed by atoms with Gasteiger partial charge in [-0.15, -0.1) is 0 Å². The van der Waals surface area contributed by atoms with Crippen molar-refractivity contribution in [1.29, 1.82) is 0 Å². The maximum atomic E-state index is 5.11. The van der Waals surface area contributed by atoms with E-state index in [0.717, 1.165) is 29.6 Å². The number of benzene rings is 1. The highest BCUT2D eigenvalue weighted by Crippen LogP contribution is 2.47.